The van der Waals surface area contributed by atoms with E-state index < -0.39 is 10.0 Å². The number of nitrogens with zero attached hydrogens (tertiary/aromatic N) is 1. The second kappa shape index (κ2) is 8.57. The first-order valence-corrected chi connectivity index (χ1v) is 12.5. The van der Waals surface area contributed by atoms with E-state index in [0.29, 0.717) is 16.5 Å². The fourth-order valence-corrected chi connectivity index (χ4v) is 5.73. The summed E-state index contributed by atoms with van der Waals surface area (Å²) in [6.45, 7) is 4.07. The Bertz CT molecular complexity index is 1230. The predicted octanol–water partition coefficient (Wildman–Crippen LogP) is 5.54. The lowest BCUT2D eigenvalue weighted by molar-refractivity contribution is -0.115. The van der Waals surface area contributed by atoms with Gasteiger partial charge in [-0.3, -0.25) is 14.4 Å². The molecule has 4 rings (SSSR count). The molecule has 1 saturated heterocycles. The summed E-state index contributed by atoms with van der Waals surface area (Å²) in [4.78, 5) is 14.5. The van der Waals surface area contributed by atoms with Crippen LogP contribution in [0.2, 0.25) is 5.02 Å². The second-order valence-electron chi connectivity index (χ2n) is 7.38. The van der Waals surface area contributed by atoms with Crippen molar-refractivity contribution in [3.8, 4) is 0 Å². The lowest BCUT2D eigenvalue weighted by atomic mass is 10.1. The van der Waals surface area contributed by atoms with Gasteiger partial charge in [0, 0.05) is 16.4 Å². The van der Waals surface area contributed by atoms with Crippen LogP contribution in [0.5, 0.6) is 0 Å². The van der Waals surface area contributed by atoms with Gasteiger partial charge in [-0.05, 0) is 79.1 Å². The molecule has 1 atom stereocenters. The van der Waals surface area contributed by atoms with Crippen molar-refractivity contribution < 1.29 is 13.2 Å². The van der Waals surface area contributed by atoms with Gasteiger partial charge in [-0.2, -0.15) is 0 Å². The lowest BCUT2D eigenvalue weighted by Gasteiger charge is -2.25. The van der Waals surface area contributed by atoms with Crippen molar-refractivity contribution in [3.05, 3.63) is 88.4 Å². The number of hydrogen-bond acceptors (Lipinski definition) is 4. The molecule has 0 aliphatic carbocycles. The van der Waals surface area contributed by atoms with E-state index in [1.165, 1.54) is 29.8 Å². The highest BCUT2D eigenvalue weighted by Crippen LogP contribution is 2.42. The molecule has 1 fully saturated rings. The molecule has 0 aromatic heterocycles. The first-order valence-electron chi connectivity index (χ1n) is 9.64. The number of rotatable bonds is 5. The summed E-state index contributed by atoms with van der Waals surface area (Å²) in [7, 11) is -3.71. The van der Waals surface area contributed by atoms with E-state index in [1.807, 2.05) is 49.1 Å². The van der Waals surface area contributed by atoms with Crippen molar-refractivity contribution in [2.75, 3.05) is 15.4 Å². The lowest BCUT2D eigenvalue weighted by Crippen LogP contribution is -2.27. The van der Waals surface area contributed by atoms with Gasteiger partial charge < -0.3 is 0 Å². The predicted molar refractivity (Wildman–Crippen MR) is 127 cm³/mol. The van der Waals surface area contributed by atoms with Crippen LogP contribution >= 0.6 is 23.4 Å². The number of benzene rings is 3. The molecule has 8 heteroatoms. The van der Waals surface area contributed by atoms with E-state index in [4.69, 9.17) is 11.6 Å². The monoisotopic (exact) mass is 472 g/mol. The van der Waals surface area contributed by atoms with Crippen LogP contribution < -0.4 is 9.62 Å². The Kier molecular flexibility index (Phi) is 6.01. The van der Waals surface area contributed by atoms with Crippen molar-refractivity contribution >= 4 is 50.7 Å². The number of carbonyl (C=O) groups is 1. The van der Waals surface area contributed by atoms with E-state index in [2.05, 4.69) is 4.72 Å². The number of anilines is 2. The van der Waals surface area contributed by atoms with Crippen molar-refractivity contribution in [1.29, 1.82) is 0 Å². The van der Waals surface area contributed by atoms with Gasteiger partial charge in [-0.1, -0.05) is 29.8 Å². The quantitative estimate of drug-likeness (QED) is 0.529. The third-order valence-electron chi connectivity index (χ3n) is 5.21. The van der Waals surface area contributed by atoms with Gasteiger partial charge >= 0.3 is 0 Å². The molecule has 0 radical (unpaired) electrons. The molecule has 1 heterocycles. The molecule has 160 valence electrons. The molecular weight excluding hydrogens is 452 g/mol. The summed E-state index contributed by atoms with van der Waals surface area (Å²) in [5, 5.41) is 0.316. The highest BCUT2D eigenvalue weighted by molar-refractivity contribution is 8.00. The van der Waals surface area contributed by atoms with Crippen molar-refractivity contribution in [2.24, 2.45) is 0 Å². The fraction of sp³-hybridized carbons (Fsp3) is 0.174. The van der Waals surface area contributed by atoms with E-state index in [-0.39, 0.29) is 16.2 Å². The minimum Gasteiger partial charge on any atom is -0.295 e. The first kappa shape index (κ1) is 21.7. The van der Waals surface area contributed by atoms with E-state index in [0.717, 1.165) is 16.8 Å². The van der Waals surface area contributed by atoms with E-state index in [9.17, 15) is 13.2 Å². The normalized spacial score (nSPS) is 16.5. The number of amides is 1. The van der Waals surface area contributed by atoms with Crippen molar-refractivity contribution in [3.63, 3.8) is 0 Å². The molecule has 0 saturated carbocycles. The maximum absolute atomic E-state index is 12.6. The zero-order valence-corrected chi connectivity index (χ0v) is 19.4. The summed E-state index contributed by atoms with van der Waals surface area (Å²) < 4.78 is 27.7. The highest BCUT2D eigenvalue weighted by Gasteiger charge is 2.34. The average Bonchev–Trinajstić information content (AvgIpc) is 3.12. The molecule has 3 aromatic carbocycles. The first-order chi connectivity index (χ1) is 14.7. The van der Waals surface area contributed by atoms with Crippen LogP contribution in [0, 0.1) is 13.8 Å². The van der Waals surface area contributed by atoms with Crippen LogP contribution in [-0.4, -0.2) is 20.1 Å². The molecule has 5 nitrogen and oxygen atoms in total. The molecule has 1 N–H and O–H groups in total. The van der Waals surface area contributed by atoms with Crippen LogP contribution in [0.3, 0.4) is 0 Å². The Hall–Kier alpha value is -2.48. The number of thioether (sulfide) groups is 1. The van der Waals surface area contributed by atoms with Crippen LogP contribution in [-0.2, 0) is 14.8 Å². The topological polar surface area (TPSA) is 66.5 Å². The minimum absolute atomic E-state index is 0.0609. The Balaban J connectivity index is 1.56. The highest BCUT2D eigenvalue weighted by atomic mass is 35.5. The Morgan fingerprint density at radius 1 is 0.968 bits per heavy atom. The second-order valence-corrected chi connectivity index (χ2v) is 10.6. The smallest absolute Gasteiger partial charge is 0.261 e. The zero-order chi connectivity index (χ0) is 22.2. The van der Waals surface area contributed by atoms with Crippen molar-refractivity contribution in [2.45, 2.75) is 24.1 Å². The standard InChI is InChI=1S/C23H21ClN2O3S2/c1-15-3-10-20(13-16(15)2)26-22(27)14-30-23(26)17-4-8-19(9-5-17)25-31(28,29)21-11-6-18(24)7-12-21/h3-13,23,25H,14H2,1-2H3/t23-/m0/s1. The third-order valence-corrected chi connectivity index (χ3v) is 8.07. The van der Waals surface area contributed by atoms with E-state index in [1.54, 1.807) is 23.9 Å². The maximum Gasteiger partial charge on any atom is 0.261 e. The summed E-state index contributed by atoms with van der Waals surface area (Å²) in [5.74, 6) is 0.466. The SMILES string of the molecule is Cc1ccc(N2C(=O)CS[C@H]2c2ccc(NS(=O)(=O)c3ccc(Cl)cc3)cc2)cc1C. The van der Waals surface area contributed by atoms with Gasteiger partial charge in [0.25, 0.3) is 10.0 Å². The molecule has 1 aliphatic rings. The average molecular weight is 473 g/mol. The molecule has 1 amide bonds. The maximum atomic E-state index is 12.6. The Morgan fingerprint density at radius 2 is 1.65 bits per heavy atom. The third kappa shape index (κ3) is 4.59. The number of aryl methyl sites for hydroxylation is 2. The summed E-state index contributed by atoms with van der Waals surface area (Å²) in [6.07, 6.45) is 0. The van der Waals surface area contributed by atoms with Crippen LogP contribution in [0.15, 0.2) is 71.6 Å². The van der Waals surface area contributed by atoms with Gasteiger partial charge in [0.1, 0.15) is 5.37 Å². The molecular formula is C23H21ClN2O3S2. The van der Waals surface area contributed by atoms with Crippen molar-refractivity contribution in [1.82, 2.24) is 0 Å². The Morgan fingerprint density at radius 3 is 2.29 bits per heavy atom. The summed E-state index contributed by atoms with van der Waals surface area (Å²) in [6, 6.07) is 19.1. The van der Waals surface area contributed by atoms with Gasteiger partial charge in [-0.25, -0.2) is 8.42 Å². The van der Waals surface area contributed by atoms with Crippen LogP contribution in [0.25, 0.3) is 0 Å². The molecule has 31 heavy (non-hydrogen) atoms. The van der Waals surface area contributed by atoms with Crippen LogP contribution in [0.4, 0.5) is 11.4 Å². The Labute approximate surface area is 191 Å². The molecule has 3 aromatic rings. The van der Waals surface area contributed by atoms with Gasteiger partial charge in [0.2, 0.25) is 5.91 Å². The number of nitrogens with one attached hydrogen (secondary N) is 1. The minimum atomic E-state index is -3.71. The van der Waals surface area contributed by atoms with Gasteiger partial charge in [0.15, 0.2) is 0 Å². The zero-order valence-electron chi connectivity index (χ0n) is 17.0. The van der Waals surface area contributed by atoms with Crippen LogP contribution in [0.1, 0.15) is 22.1 Å². The largest absolute Gasteiger partial charge is 0.295 e. The molecule has 1 aliphatic heterocycles. The van der Waals surface area contributed by atoms with Gasteiger partial charge in [0.05, 0.1) is 10.6 Å². The number of carbonyl (C=O) groups excluding carboxylic acids is 1. The number of halogens is 1. The number of hydrogen-bond donors (Lipinski definition) is 1. The fourth-order valence-electron chi connectivity index (χ4n) is 3.37. The molecule has 0 bridgehead atoms. The number of sulfonamides is 1. The van der Waals surface area contributed by atoms with Gasteiger partial charge in [-0.15, -0.1) is 11.8 Å². The van der Waals surface area contributed by atoms with E-state index >= 15 is 0 Å². The molecule has 0 spiro atoms. The summed E-state index contributed by atoms with van der Waals surface area (Å²) in [5.41, 5.74) is 4.56. The molecule has 0 unspecified atom stereocenters. The summed E-state index contributed by atoms with van der Waals surface area (Å²) >= 11 is 7.40.